The average molecular weight is 472 g/mol. The third-order valence-corrected chi connectivity index (χ3v) is 6.88. The van der Waals surface area contributed by atoms with Gasteiger partial charge in [-0.15, -0.1) is 0 Å². The quantitative estimate of drug-likeness (QED) is 0.541. The number of aromatic nitrogens is 1. The summed E-state index contributed by atoms with van der Waals surface area (Å²) in [6, 6.07) is 13.1. The van der Waals surface area contributed by atoms with Gasteiger partial charge in [-0.3, -0.25) is 4.79 Å². The van der Waals surface area contributed by atoms with Crippen molar-refractivity contribution in [3.8, 4) is 11.9 Å². The molecule has 5 rings (SSSR count). The summed E-state index contributed by atoms with van der Waals surface area (Å²) in [6.45, 7) is 7.11. The molecule has 0 radical (unpaired) electrons. The third-order valence-electron chi connectivity index (χ3n) is 6.88. The Morgan fingerprint density at radius 1 is 1.11 bits per heavy atom. The fourth-order valence-corrected chi connectivity index (χ4v) is 5.13. The summed E-state index contributed by atoms with van der Waals surface area (Å²) in [6.07, 6.45) is 2.00. The van der Waals surface area contributed by atoms with Crippen LogP contribution in [-0.2, 0) is 17.8 Å². The molecular weight excluding hydrogens is 445 g/mol. The Balaban J connectivity index is 1.54. The molecule has 0 N–H and O–H groups in total. The number of benzene rings is 2. The molecule has 1 amide bonds. The minimum atomic E-state index is -0.260. The molecule has 2 aliphatic heterocycles. The molecule has 3 aromatic rings. The molecule has 2 aromatic carbocycles. The molecule has 1 aromatic heterocycles. The van der Waals surface area contributed by atoms with Crippen molar-refractivity contribution in [1.29, 1.82) is 5.26 Å². The first-order chi connectivity index (χ1) is 17.0. The maximum atomic E-state index is 14.8. The molecule has 3 heterocycles. The number of rotatable bonds is 4. The van der Waals surface area contributed by atoms with Crippen molar-refractivity contribution in [2.75, 3.05) is 49.6 Å². The monoisotopic (exact) mass is 471 g/mol. The molecule has 8 heteroatoms. The molecule has 0 atom stereocenters. The van der Waals surface area contributed by atoms with Crippen LogP contribution in [0.5, 0.6) is 5.88 Å². The number of fused-ring (bicyclic) bond motifs is 2. The second kappa shape index (κ2) is 9.26. The van der Waals surface area contributed by atoms with Crippen molar-refractivity contribution in [3.63, 3.8) is 0 Å². The van der Waals surface area contributed by atoms with E-state index in [-0.39, 0.29) is 17.6 Å². The number of amides is 1. The number of ether oxygens (including phenoxy) is 1. The lowest BCUT2D eigenvalue weighted by Gasteiger charge is -2.38. The van der Waals surface area contributed by atoms with Gasteiger partial charge in [-0.05, 0) is 30.0 Å². The second-order valence-corrected chi connectivity index (χ2v) is 8.69. The van der Waals surface area contributed by atoms with Gasteiger partial charge in [-0.2, -0.15) is 10.2 Å². The number of hydrogen-bond acceptors (Lipinski definition) is 6. The van der Waals surface area contributed by atoms with E-state index < -0.39 is 0 Å². The molecule has 35 heavy (non-hydrogen) atoms. The minimum absolute atomic E-state index is 0.0741. The van der Waals surface area contributed by atoms with E-state index in [2.05, 4.69) is 22.4 Å². The number of carbonyl (C=O) groups excluding carboxylic acids is 1. The van der Waals surface area contributed by atoms with Crippen LogP contribution >= 0.6 is 0 Å². The van der Waals surface area contributed by atoms with Crippen LogP contribution in [0.15, 0.2) is 49.1 Å². The molecule has 1 fully saturated rings. The zero-order valence-corrected chi connectivity index (χ0v) is 19.6. The van der Waals surface area contributed by atoms with E-state index in [0.29, 0.717) is 56.6 Å². The Bertz CT molecular complexity index is 1350. The first-order valence-electron chi connectivity index (χ1n) is 11.6. The molecule has 1 saturated heterocycles. The summed E-state index contributed by atoms with van der Waals surface area (Å²) in [4.78, 5) is 22.8. The van der Waals surface area contributed by atoms with Gasteiger partial charge in [0.25, 0.3) is 0 Å². The summed E-state index contributed by atoms with van der Waals surface area (Å²) in [7, 11) is 1.51. The van der Waals surface area contributed by atoms with Crippen LogP contribution in [0.1, 0.15) is 16.7 Å². The average Bonchev–Trinajstić information content (AvgIpc) is 2.91. The van der Waals surface area contributed by atoms with Gasteiger partial charge < -0.3 is 19.4 Å². The Kier molecular flexibility index (Phi) is 6.00. The molecule has 7 nitrogen and oxygen atoms in total. The van der Waals surface area contributed by atoms with E-state index in [9.17, 15) is 14.4 Å². The number of halogens is 1. The zero-order valence-electron chi connectivity index (χ0n) is 19.6. The van der Waals surface area contributed by atoms with Crippen LogP contribution < -0.4 is 14.5 Å². The normalized spacial score (nSPS) is 15.5. The van der Waals surface area contributed by atoms with Crippen molar-refractivity contribution in [2.45, 2.75) is 13.0 Å². The van der Waals surface area contributed by atoms with E-state index in [0.717, 1.165) is 28.0 Å². The molecule has 2 aliphatic rings. The fraction of sp³-hybridized carbons (Fsp3) is 0.296. The zero-order chi connectivity index (χ0) is 24.5. The van der Waals surface area contributed by atoms with Gasteiger partial charge in [0.15, 0.2) is 0 Å². The lowest BCUT2D eigenvalue weighted by Crippen LogP contribution is -2.49. The first kappa shape index (κ1) is 22.7. The van der Waals surface area contributed by atoms with Crippen LogP contribution in [0.25, 0.3) is 10.8 Å². The lowest BCUT2D eigenvalue weighted by atomic mass is 9.94. The molecule has 0 aliphatic carbocycles. The maximum Gasteiger partial charge on any atom is 0.246 e. The number of nitrogens with zero attached hydrogens (tertiary/aromatic N) is 5. The maximum absolute atomic E-state index is 14.8. The fourth-order valence-electron chi connectivity index (χ4n) is 5.13. The smallest absolute Gasteiger partial charge is 0.246 e. The number of anilines is 2. The first-order valence-corrected chi connectivity index (χ1v) is 11.6. The van der Waals surface area contributed by atoms with Gasteiger partial charge in [-0.25, -0.2) is 4.39 Å². The second-order valence-electron chi connectivity index (χ2n) is 8.69. The van der Waals surface area contributed by atoms with Crippen LogP contribution in [-0.4, -0.2) is 55.6 Å². The van der Waals surface area contributed by atoms with Gasteiger partial charge in [0.05, 0.1) is 7.11 Å². The molecule has 0 unspecified atom stereocenters. The van der Waals surface area contributed by atoms with Gasteiger partial charge in [0.2, 0.25) is 11.8 Å². The van der Waals surface area contributed by atoms with Crippen molar-refractivity contribution in [2.24, 2.45) is 0 Å². The highest BCUT2D eigenvalue weighted by Gasteiger charge is 2.31. The van der Waals surface area contributed by atoms with E-state index in [4.69, 9.17) is 9.72 Å². The Morgan fingerprint density at radius 3 is 2.54 bits per heavy atom. The Hall–Kier alpha value is -4.12. The van der Waals surface area contributed by atoms with Crippen molar-refractivity contribution < 1.29 is 13.9 Å². The summed E-state index contributed by atoms with van der Waals surface area (Å²) in [5.41, 5.74) is 3.10. The van der Waals surface area contributed by atoms with Crippen molar-refractivity contribution in [3.05, 3.63) is 71.6 Å². The molecule has 178 valence electrons. The van der Waals surface area contributed by atoms with Crippen LogP contribution in [0.3, 0.4) is 0 Å². The summed E-state index contributed by atoms with van der Waals surface area (Å²) >= 11 is 0. The van der Waals surface area contributed by atoms with Crippen LogP contribution in [0, 0.1) is 17.1 Å². The van der Waals surface area contributed by atoms with Crippen LogP contribution in [0.2, 0.25) is 0 Å². The highest BCUT2D eigenvalue weighted by atomic mass is 19.1. The third kappa shape index (κ3) is 3.93. The van der Waals surface area contributed by atoms with Crippen molar-refractivity contribution >= 4 is 28.2 Å². The SMILES string of the molecule is C=CC(=O)N1CCN(c2nc(OC)c(C#N)c3c2CCN(c2cccc4cccc(F)c24)C3)CC1. The number of hydrogen-bond donors (Lipinski definition) is 0. The molecule has 0 spiro atoms. The largest absolute Gasteiger partial charge is 0.480 e. The number of nitriles is 1. The molecular formula is C27H26FN5O2. The predicted molar refractivity (Wildman–Crippen MR) is 133 cm³/mol. The molecule has 0 saturated carbocycles. The number of carbonyl (C=O) groups is 1. The minimum Gasteiger partial charge on any atom is -0.480 e. The van der Waals surface area contributed by atoms with Gasteiger partial charge in [0, 0.05) is 61.5 Å². The summed E-state index contributed by atoms with van der Waals surface area (Å²) in [5.74, 6) is 0.751. The topological polar surface area (TPSA) is 72.7 Å². The van der Waals surface area contributed by atoms with Gasteiger partial charge >= 0.3 is 0 Å². The summed E-state index contributed by atoms with van der Waals surface area (Å²) < 4.78 is 20.4. The Labute approximate surface area is 203 Å². The van der Waals surface area contributed by atoms with Gasteiger partial charge in [0.1, 0.15) is 23.3 Å². The highest BCUT2D eigenvalue weighted by molar-refractivity contribution is 5.95. The number of methoxy groups -OCH3 is 1. The van der Waals surface area contributed by atoms with E-state index in [1.54, 1.807) is 11.0 Å². The summed E-state index contributed by atoms with van der Waals surface area (Å²) in [5, 5.41) is 11.4. The number of piperazine rings is 1. The van der Waals surface area contributed by atoms with E-state index >= 15 is 0 Å². The predicted octanol–water partition coefficient (Wildman–Crippen LogP) is 3.65. The molecule has 0 bridgehead atoms. The highest BCUT2D eigenvalue weighted by Crippen LogP contribution is 2.38. The number of pyridine rings is 1. The van der Waals surface area contributed by atoms with Crippen LogP contribution in [0.4, 0.5) is 15.9 Å². The van der Waals surface area contributed by atoms with Gasteiger partial charge in [-0.1, -0.05) is 30.8 Å². The van der Waals surface area contributed by atoms with Crippen molar-refractivity contribution in [1.82, 2.24) is 9.88 Å². The lowest BCUT2D eigenvalue weighted by molar-refractivity contribution is -0.126. The van der Waals surface area contributed by atoms with E-state index in [1.807, 2.05) is 24.3 Å². The standard InChI is InChI=1S/C27H26FN5O2/c1-3-24(34)31-12-14-32(15-13-31)26-19-10-11-33(17-21(19)20(16-29)27(30-26)35-2)23-9-5-7-18-6-4-8-22(28)25(18)23/h3-9H,1,10-15,17H2,2H3. The Morgan fingerprint density at radius 2 is 1.86 bits per heavy atom. The van der Waals surface area contributed by atoms with E-state index in [1.165, 1.54) is 19.3 Å².